The standard InChI is InChI=1S/C4H9BrF2NO2PS/c1-8-11(12,9-2)10-4(6,7)3-5/h3H2,1-2H3,(H,8,12). The number of nitrogens with one attached hydrogen (secondary N) is 1. The summed E-state index contributed by atoms with van der Waals surface area (Å²) in [6.07, 6.45) is -3.30. The van der Waals surface area contributed by atoms with E-state index in [2.05, 4.69) is 41.9 Å². The predicted octanol–water partition coefficient (Wildman–Crippen LogP) is 2.08. The highest BCUT2D eigenvalue weighted by Crippen LogP contribution is 2.47. The maximum Gasteiger partial charge on any atom is 0.371 e. The molecular weight excluding hydrogens is 275 g/mol. The highest BCUT2D eigenvalue weighted by atomic mass is 79.9. The highest BCUT2D eigenvalue weighted by Gasteiger charge is 2.35. The van der Waals surface area contributed by atoms with E-state index < -0.39 is 18.1 Å². The van der Waals surface area contributed by atoms with Crippen molar-refractivity contribution in [1.82, 2.24) is 5.09 Å². The van der Waals surface area contributed by atoms with Gasteiger partial charge in [0.05, 0.1) is 5.33 Å². The molecule has 8 heteroatoms. The van der Waals surface area contributed by atoms with Crippen LogP contribution in [0.1, 0.15) is 0 Å². The third kappa shape index (κ3) is 4.20. The van der Waals surface area contributed by atoms with E-state index in [0.717, 1.165) is 0 Å². The molecule has 1 N–H and O–H groups in total. The Bertz CT molecular complexity index is 186. The van der Waals surface area contributed by atoms with Crippen molar-refractivity contribution in [3.05, 3.63) is 0 Å². The summed E-state index contributed by atoms with van der Waals surface area (Å²) in [6.45, 7) is -3.02. The summed E-state index contributed by atoms with van der Waals surface area (Å²) in [5.41, 5.74) is 0. The van der Waals surface area contributed by atoms with Crippen LogP contribution in [0.25, 0.3) is 0 Å². The molecule has 1 atom stereocenters. The molecule has 0 amide bonds. The van der Waals surface area contributed by atoms with E-state index in [1.165, 1.54) is 14.2 Å². The van der Waals surface area contributed by atoms with Gasteiger partial charge in [-0.25, -0.2) is 5.09 Å². The molecule has 0 bridgehead atoms. The lowest BCUT2D eigenvalue weighted by molar-refractivity contribution is -0.154. The third-order valence-corrected chi connectivity index (χ3v) is 4.33. The molecule has 74 valence electrons. The summed E-state index contributed by atoms with van der Waals surface area (Å²) in [7, 11) is 2.64. The van der Waals surface area contributed by atoms with Gasteiger partial charge >= 0.3 is 6.11 Å². The van der Waals surface area contributed by atoms with Crippen LogP contribution >= 0.6 is 22.6 Å². The molecule has 12 heavy (non-hydrogen) atoms. The molecule has 3 nitrogen and oxygen atoms in total. The summed E-state index contributed by atoms with van der Waals surface area (Å²) in [5.74, 6) is 0. The van der Waals surface area contributed by atoms with Gasteiger partial charge < -0.3 is 4.52 Å². The molecule has 0 aromatic carbocycles. The fraction of sp³-hybridized carbons (Fsp3) is 1.00. The second-order valence-electron chi connectivity index (χ2n) is 1.77. The molecule has 0 aliphatic heterocycles. The van der Waals surface area contributed by atoms with Crippen molar-refractivity contribution in [2.45, 2.75) is 6.11 Å². The first-order valence-corrected chi connectivity index (χ1v) is 6.64. The van der Waals surface area contributed by atoms with Crippen LogP contribution < -0.4 is 5.09 Å². The van der Waals surface area contributed by atoms with Crippen molar-refractivity contribution in [3.8, 4) is 0 Å². The minimum atomic E-state index is -3.30. The van der Waals surface area contributed by atoms with Gasteiger partial charge in [0.2, 0.25) is 0 Å². The molecule has 1 unspecified atom stereocenters. The zero-order valence-corrected chi connectivity index (χ0v) is 9.81. The monoisotopic (exact) mass is 283 g/mol. The molecule has 0 aliphatic carbocycles. The molecule has 0 aliphatic rings. The van der Waals surface area contributed by atoms with Gasteiger partial charge in [0.1, 0.15) is 0 Å². The van der Waals surface area contributed by atoms with Gasteiger partial charge in [-0.05, 0) is 18.9 Å². The van der Waals surface area contributed by atoms with Crippen LogP contribution in [0.4, 0.5) is 8.78 Å². The molecule has 0 saturated heterocycles. The maximum atomic E-state index is 12.6. The van der Waals surface area contributed by atoms with E-state index >= 15 is 0 Å². The molecule has 0 saturated carbocycles. The Kier molecular flexibility index (Phi) is 5.29. The average Bonchev–Trinajstić information content (AvgIpc) is 2.04. The largest absolute Gasteiger partial charge is 0.371 e. The first-order valence-electron chi connectivity index (χ1n) is 2.88. The fourth-order valence-corrected chi connectivity index (χ4v) is 1.76. The van der Waals surface area contributed by atoms with Crippen LogP contribution in [0, 0.1) is 0 Å². The van der Waals surface area contributed by atoms with Crippen molar-refractivity contribution in [2.24, 2.45) is 0 Å². The number of halogens is 3. The van der Waals surface area contributed by atoms with Crippen LogP contribution in [0.5, 0.6) is 0 Å². The Labute approximate surface area is 83.2 Å². The van der Waals surface area contributed by atoms with Gasteiger partial charge in [0.15, 0.2) is 0 Å². The molecule has 0 spiro atoms. The van der Waals surface area contributed by atoms with Gasteiger partial charge in [-0.1, -0.05) is 15.9 Å². The van der Waals surface area contributed by atoms with Crippen LogP contribution in [-0.2, 0) is 20.9 Å². The minimum absolute atomic E-state index is 0.608. The van der Waals surface area contributed by atoms with Crippen molar-refractivity contribution >= 4 is 34.4 Å². The molecule has 0 aromatic heterocycles. The Balaban J connectivity index is 4.31. The molecule has 0 rings (SSSR count). The lowest BCUT2D eigenvalue weighted by Gasteiger charge is -2.23. The minimum Gasteiger partial charge on any atom is -0.321 e. The maximum absolute atomic E-state index is 12.6. The lowest BCUT2D eigenvalue weighted by atomic mass is 10.8. The average molecular weight is 284 g/mol. The predicted molar refractivity (Wildman–Crippen MR) is 50.2 cm³/mol. The van der Waals surface area contributed by atoms with E-state index in [4.69, 9.17) is 0 Å². The normalized spacial score (nSPS) is 17.4. The van der Waals surface area contributed by atoms with E-state index in [1.54, 1.807) is 0 Å². The van der Waals surface area contributed by atoms with Crippen LogP contribution in [0.3, 0.4) is 0 Å². The molecule has 0 aromatic rings. The second kappa shape index (κ2) is 4.93. The van der Waals surface area contributed by atoms with E-state index in [0.29, 0.717) is 0 Å². The van der Waals surface area contributed by atoms with Crippen molar-refractivity contribution < 1.29 is 17.8 Å². The summed E-state index contributed by atoms with van der Waals surface area (Å²) in [6, 6.07) is 0. The molecule has 0 radical (unpaired) electrons. The summed E-state index contributed by atoms with van der Waals surface area (Å²) in [5, 5.41) is 1.79. The first-order chi connectivity index (χ1) is 5.39. The van der Waals surface area contributed by atoms with Crippen LogP contribution in [0.2, 0.25) is 0 Å². The van der Waals surface area contributed by atoms with Gasteiger partial charge in [0.25, 0.3) is 6.64 Å². The number of hydrogen-bond acceptors (Lipinski definition) is 3. The SMILES string of the molecule is CNP(=S)(OC)OC(F)(F)CBr. The lowest BCUT2D eigenvalue weighted by Crippen LogP contribution is -2.24. The van der Waals surface area contributed by atoms with Crippen molar-refractivity contribution in [3.63, 3.8) is 0 Å². The van der Waals surface area contributed by atoms with Crippen molar-refractivity contribution in [2.75, 3.05) is 19.5 Å². The Morgan fingerprint density at radius 1 is 1.67 bits per heavy atom. The third-order valence-electron chi connectivity index (χ3n) is 0.924. The molecule has 0 heterocycles. The van der Waals surface area contributed by atoms with Gasteiger partial charge in [-0.2, -0.15) is 8.78 Å². The Morgan fingerprint density at radius 3 is 2.42 bits per heavy atom. The van der Waals surface area contributed by atoms with Gasteiger partial charge in [0, 0.05) is 7.11 Å². The zero-order chi connectivity index (χ0) is 9.83. The first kappa shape index (κ1) is 12.9. The second-order valence-corrected chi connectivity index (χ2v) is 5.76. The van der Waals surface area contributed by atoms with Gasteiger partial charge in [-0.15, -0.1) is 0 Å². The van der Waals surface area contributed by atoms with Gasteiger partial charge in [-0.3, -0.25) is 4.52 Å². The quantitative estimate of drug-likeness (QED) is 0.618. The van der Waals surface area contributed by atoms with Crippen LogP contribution in [-0.4, -0.2) is 25.6 Å². The number of rotatable bonds is 5. The summed E-state index contributed by atoms with van der Waals surface area (Å²) >= 11 is 7.27. The number of alkyl halides is 3. The zero-order valence-electron chi connectivity index (χ0n) is 6.51. The van der Waals surface area contributed by atoms with E-state index in [-0.39, 0.29) is 0 Å². The summed E-state index contributed by atoms with van der Waals surface area (Å²) < 4.78 is 34.1. The fourth-order valence-electron chi connectivity index (χ4n) is 0.374. The van der Waals surface area contributed by atoms with E-state index in [9.17, 15) is 8.78 Å². The smallest absolute Gasteiger partial charge is 0.321 e. The van der Waals surface area contributed by atoms with E-state index in [1.807, 2.05) is 0 Å². The number of hydrogen-bond donors (Lipinski definition) is 1. The van der Waals surface area contributed by atoms with Crippen LogP contribution in [0.15, 0.2) is 0 Å². The van der Waals surface area contributed by atoms with Crippen molar-refractivity contribution in [1.29, 1.82) is 0 Å². The summed E-state index contributed by atoms with van der Waals surface area (Å²) in [4.78, 5) is 0. The Morgan fingerprint density at radius 2 is 2.17 bits per heavy atom. The Hall–Kier alpha value is 0.870. The molecule has 0 fully saturated rings. The topological polar surface area (TPSA) is 30.5 Å². The molecular formula is C4H9BrF2NO2PS. The highest BCUT2D eigenvalue weighted by molar-refractivity contribution is 9.09.